The van der Waals surface area contributed by atoms with Crippen LogP contribution in [0.1, 0.15) is 38.5 Å². The van der Waals surface area contributed by atoms with Gasteiger partial charge in [-0.1, -0.05) is 55.3 Å². The summed E-state index contributed by atoms with van der Waals surface area (Å²) in [5.41, 5.74) is 0. The summed E-state index contributed by atoms with van der Waals surface area (Å²) in [5.74, 6) is 0.851. The normalized spacial score (nSPS) is 26.6. The zero-order chi connectivity index (χ0) is 17.8. The molecule has 0 amide bonds. The standard InChI is InChI=1S/C18H37Cl2N5/c19-18(20)16-24-12-11-22-8-7-21-9-10-23-13-15-25(18)14-6-17-4-2-1-3-5-17/h17,21-24H,1-16H2. The van der Waals surface area contributed by atoms with E-state index in [2.05, 4.69) is 26.2 Å². The number of nitrogens with zero attached hydrogens (tertiary/aromatic N) is 1. The molecule has 0 aromatic heterocycles. The van der Waals surface area contributed by atoms with Gasteiger partial charge in [0.25, 0.3) is 0 Å². The van der Waals surface area contributed by atoms with E-state index in [-0.39, 0.29) is 0 Å². The Morgan fingerprint density at radius 1 is 0.760 bits per heavy atom. The van der Waals surface area contributed by atoms with Crippen molar-refractivity contribution >= 4 is 23.2 Å². The van der Waals surface area contributed by atoms with Crippen molar-refractivity contribution in [1.82, 2.24) is 26.2 Å². The minimum Gasteiger partial charge on any atom is -0.314 e. The quantitative estimate of drug-likeness (QED) is 0.434. The van der Waals surface area contributed by atoms with E-state index in [0.717, 1.165) is 64.8 Å². The summed E-state index contributed by atoms with van der Waals surface area (Å²) in [6.07, 6.45) is 8.15. The third-order valence-corrected chi connectivity index (χ3v) is 6.07. The van der Waals surface area contributed by atoms with Gasteiger partial charge in [-0.15, -0.1) is 0 Å². The highest BCUT2D eigenvalue weighted by Gasteiger charge is 2.32. The largest absolute Gasteiger partial charge is 0.314 e. The minimum atomic E-state index is -0.839. The number of rotatable bonds is 3. The Labute approximate surface area is 163 Å². The van der Waals surface area contributed by atoms with Gasteiger partial charge in [0.1, 0.15) is 0 Å². The van der Waals surface area contributed by atoms with Crippen LogP contribution in [0.3, 0.4) is 0 Å². The molecule has 0 radical (unpaired) electrons. The second kappa shape index (κ2) is 12.7. The van der Waals surface area contributed by atoms with Gasteiger partial charge in [0.15, 0.2) is 4.46 Å². The van der Waals surface area contributed by atoms with E-state index in [1.807, 2.05) is 0 Å². The van der Waals surface area contributed by atoms with E-state index < -0.39 is 4.46 Å². The van der Waals surface area contributed by atoms with E-state index in [1.165, 1.54) is 38.5 Å². The van der Waals surface area contributed by atoms with E-state index in [0.29, 0.717) is 6.54 Å². The maximum absolute atomic E-state index is 6.73. The molecule has 5 nitrogen and oxygen atoms in total. The van der Waals surface area contributed by atoms with Crippen LogP contribution in [0.2, 0.25) is 0 Å². The van der Waals surface area contributed by atoms with Crippen LogP contribution >= 0.6 is 23.2 Å². The van der Waals surface area contributed by atoms with Gasteiger partial charge in [-0.3, -0.25) is 4.90 Å². The minimum absolute atomic E-state index is 0.598. The Balaban J connectivity index is 1.83. The molecule has 0 bridgehead atoms. The molecule has 1 aliphatic heterocycles. The van der Waals surface area contributed by atoms with Crippen LogP contribution in [-0.4, -0.2) is 74.8 Å². The number of hydrogen-bond acceptors (Lipinski definition) is 5. The van der Waals surface area contributed by atoms with Crippen LogP contribution in [0.4, 0.5) is 0 Å². The highest BCUT2D eigenvalue weighted by atomic mass is 35.5. The van der Waals surface area contributed by atoms with Crippen LogP contribution in [0.25, 0.3) is 0 Å². The SMILES string of the molecule is ClC1(Cl)CNCCNCCNCCNCCN1CCC1CCCCC1. The molecule has 4 N–H and O–H groups in total. The lowest BCUT2D eigenvalue weighted by molar-refractivity contribution is 0.192. The van der Waals surface area contributed by atoms with Gasteiger partial charge < -0.3 is 21.3 Å². The van der Waals surface area contributed by atoms with Crippen LogP contribution < -0.4 is 21.3 Å². The first-order valence-electron chi connectivity index (χ1n) is 10.1. The van der Waals surface area contributed by atoms with Gasteiger partial charge in [0.2, 0.25) is 0 Å². The number of halogens is 2. The molecule has 2 fully saturated rings. The first-order chi connectivity index (χ1) is 12.2. The predicted octanol–water partition coefficient (Wildman–Crippen LogP) is 1.76. The first kappa shape index (κ1) is 21.7. The molecule has 25 heavy (non-hydrogen) atoms. The van der Waals surface area contributed by atoms with Crippen molar-refractivity contribution in [3.8, 4) is 0 Å². The first-order valence-corrected chi connectivity index (χ1v) is 10.9. The third-order valence-electron chi connectivity index (χ3n) is 5.33. The van der Waals surface area contributed by atoms with Crippen LogP contribution in [-0.2, 0) is 0 Å². The smallest absolute Gasteiger partial charge is 0.183 e. The lowest BCUT2D eigenvalue weighted by Crippen LogP contribution is -2.50. The molecule has 148 valence electrons. The Morgan fingerprint density at radius 2 is 1.32 bits per heavy atom. The van der Waals surface area contributed by atoms with Crippen molar-refractivity contribution < 1.29 is 0 Å². The van der Waals surface area contributed by atoms with E-state index >= 15 is 0 Å². The Hall–Kier alpha value is 0.380. The summed E-state index contributed by atoms with van der Waals surface area (Å²) in [7, 11) is 0. The molecule has 2 aliphatic rings. The molecule has 0 spiro atoms. The number of hydrogen-bond donors (Lipinski definition) is 4. The fourth-order valence-corrected chi connectivity index (χ4v) is 4.25. The molecule has 1 saturated carbocycles. The fraction of sp³-hybridized carbons (Fsp3) is 1.00. The average molecular weight is 394 g/mol. The van der Waals surface area contributed by atoms with Gasteiger partial charge >= 0.3 is 0 Å². The molecule has 0 atom stereocenters. The number of alkyl halides is 2. The van der Waals surface area contributed by atoms with Gasteiger partial charge in [-0.2, -0.15) is 0 Å². The van der Waals surface area contributed by atoms with Crippen molar-refractivity contribution in [2.24, 2.45) is 5.92 Å². The summed E-state index contributed by atoms with van der Waals surface area (Å²) in [6.45, 7) is 9.18. The van der Waals surface area contributed by atoms with Crippen molar-refractivity contribution in [2.45, 2.75) is 43.0 Å². The summed E-state index contributed by atoms with van der Waals surface area (Å²) < 4.78 is -0.839. The summed E-state index contributed by atoms with van der Waals surface area (Å²) in [5, 5.41) is 13.8. The molecule has 1 aliphatic carbocycles. The second-order valence-electron chi connectivity index (χ2n) is 7.37. The lowest BCUT2D eigenvalue weighted by Gasteiger charge is -2.36. The molecular formula is C18H37Cl2N5. The second-order valence-corrected chi connectivity index (χ2v) is 8.82. The van der Waals surface area contributed by atoms with Gasteiger partial charge in [-0.05, 0) is 12.3 Å². The van der Waals surface area contributed by atoms with Crippen LogP contribution in [0, 0.1) is 5.92 Å². The van der Waals surface area contributed by atoms with E-state index in [9.17, 15) is 0 Å². The van der Waals surface area contributed by atoms with Crippen LogP contribution in [0.5, 0.6) is 0 Å². The molecule has 0 aromatic rings. The maximum Gasteiger partial charge on any atom is 0.183 e. The Kier molecular flexibility index (Phi) is 11.0. The molecule has 2 rings (SSSR count). The highest BCUT2D eigenvalue weighted by Crippen LogP contribution is 2.30. The Morgan fingerprint density at radius 3 is 1.96 bits per heavy atom. The van der Waals surface area contributed by atoms with E-state index in [4.69, 9.17) is 23.2 Å². The highest BCUT2D eigenvalue weighted by molar-refractivity contribution is 6.48. The summed E-state index contributed by atoms with van der Waals surface area (Å²) >= 11 is 13.5. The van der Waals surface area contributed by atoms with Crippen molar-refractivity contribution in [3.63, 3.8) is 0 Å². The molecule has 0 aromatic carbocycles. The fourth-order valence-electron chi connectivity index (χ4n) is 3.72. The van der Waals surface area contributed by atoms with Crippen molar-refractivity contribution in [1.29, 1.82) is 0 Å². The zero-order valence-corrected chi connectivity index (χ0v) is 17.1. The lowest BCUT2D eigenvalue weighted by atomic mass is 9.87. The maximum atomic E-state index is 6.73. The molecule has 0 unspecified atom stereocenters. The molecular weight excluding hydrogens is 357 g/mol. The summed E-state index contributed by atoms with van der Waals surface area (Å²) in [6, 6.07) is 0. The topological polar surface area (TPSA) is 51.4 Å². The van der Waals surface area contributed by atoms with Crippen LogP contribution in [0.15, 0.2) is 0 Å². The van der Waals surface area contributed by atoms with E-state index in [1.54, 1.807) is 0 Å². The summed E-state index contributed by atoms with van der Waals surface area (Å²) in [4.78, 5) is 2.26. The monoisotopic (exact) mass is 393 g/mol. The van der Waals surface area contributed by atoms with Gasteiger partial charge in [0.05, 0.1) is 0 Å². The predicted molar refractivity (Wildman–Crippen MR) is 109 cm³/mol. The molecule has 1 saturated heterocycles. The van der Waals surface area contributed by atoms with Crippen molar-refractivity contribution in [3.05, 3.63) is 0 Å². The van der Waals surface area contributed by atoms with Crippen molar-refractivity contribution in [2.75, 3.05) is 65.4 Å². The average Bonchev–Trinajstić information content (AvgIpc) is 2.62. The molecule has 1 heterocycles. The number of nitrogens with one attached hydrogen (secondary N) is 4. The van der Waals surface area contributed by atoms with Gasteiger partial charge in [0, 0.05) is 65.4 Å². The molecule has 7 heteroatoms. The Bertz CT molecular complexity index is 337. The zero-order valence-electron chi connectivity index (χ0n) is 15.6. The third kappa shape index (κ3) is 9.23. The van der Waals surface area contributed by atoms with Gasteiger partial charge in [-0.25, -0.2) is 0 Å².